The summed E-state index contributed by atoms with van der Waals surface area (Å²) in [6, 6.07) is 16.5. The highest BCUT2D eigenvalue weighted by Gasteiger charge is 2.50. The molecular weight excluding hydrogens is 534 g/mol. The van der Waals surface area contributed by atoms with E-state index in [1.807, 2.05) is 12.1 Å². The van der Waals surface area contributed by atoms with Crippen molar-refractivity contribution in [3.8, 4) is 22.3 Å². The summed E-state index contributed by atoms with van der Waals surface area (Å²) in [6.45, 7) is 3.82. The van der Waals surface area contributed by atoms with Gasteiger partial charge in [0.2, 0.25) is 0 Å². The quantitative estimate of drug-likeness (QED) is 0.352. The highest BCUT2D eigenvalue weighted by molar-refractivity contribution is 5.70. The lowest BCUT2D eigenvalue weighted by Gasteiger charge is -2.41. The van der Waals surface area contributed by atoms with Crippen LogP contribution in [0.1, 0.15) is 35.4 Å². The highest BCUT2D eigenvalue weighted by Crippen LogP contribution is 2.46. The maximum atomic E-state index is 14.9. The van der Waals surface area contributed by atoms with E-state index in [1.165, 1.54) is 12.1 Å². The van der Waals surface area contributed by atoms with Crippen LogP contribution in [0.4, 0.5) is 8.78 Å². The van der Waals surface area contributed by atoms with Crippen LogP contribution in [-0.2, 0) is 40.0 Å². The van der Waals surface area contributed by atoms with E-state index in [0.717, 1.165) is 67.8 Å². The van der Waals surface area contributed by atoms with Gasteiger partial charge in [0.25, 0.3) is 11.1 Å². The smallest absolute Gasteiger partial charge is 0.251 e. The molecule has 2 aliphatic heterocycles. The van der Waals surface area contributed by atoms with Crippen molar-refractivity contribution in [1.29, 1.82) is 0 Å². The first kappa shape index (κ1) is 27.0. The largest absolute Gasteiger partial charge is 0.315 e. The highest BCUT2D eigenvalue weighted by atomic mass is 19.1. The average molecular weight is 569 g/mol. The summed E-state index contributed by atoms with van der Waals surface area (Å²) in [4.78, 5) is 30.6. The fraction of sp³-hybridized carbons (Fsp3) is 0.353. The first-order valence-corrected chi connectivity index (χ1v) is 14.7. The molecule has 0 bridgehead atoms. The molecule has 1 saturated carbocycles. The van der Waals surface area contributed by atoms with Crippen molar-refractivity contribution in [2.45, 2.75) is 44.3 Å². The summed E-state index contributed by atoms with van der Waals surface area (Å²) in [6.07, 6.45) is 3.59. The molecule has 0 radical (unpaired) electrons. The van der Waals surface area contributed by atoms with Crippen molar-refractivity contribution in [3.63, 3.8) is 0 Å². The van der Waals surface area contributed by atoms with Crippen LogP contribution in [0, 0.1) is 11.6 Å². The number of pyridine rings is 2. The van der Waals surface area contributed by atoms with E-state index < -0.39 is 0 Å². The normalized spacial score (nSPS) is 18.0. The van der Waals surface area contributed by atoms with E-state index in [0.29, 0.717) is 35.3 Å². The number of nitrogens with zero attached hydrogens (tertiary/aromatic N) is 4. The van der Waals surface area contributed by atoms with E-state index in [1.54, 1.807) is 59.6 Å². The minimum Gasteiger partial charge on any atom is -0.315 e. The Balaban J connectivity index is 1.19. The fourth-order valence-electron chi connectivity index (χ4n) is 7.18. The van der Waals surface area contributed by atoms with Crippen LogP contribution in [0.5, 0.6) is 0 Å². The molecule has 2 aromatic carbocycles. The van der Waals surface area contributed by atoms with Gasteiger partial charge >= 0.3 is 0 Å². The van der Waals surface area contributed by atoms with Crippen molar-refractivity contribution in [1.82, 2.24) is 18.9 Å². The number of rotatable bonds is 5. The molecule has 0 N–H and O–H groups in total. The van der Waals surface area contributed by atoms with E-state index in [4.69, 9.17) is 0 Å². The second-order valence-electron chi connectivity index (χ2n) is 12.1. The molecule has 6 nitrogen and oxygen atoms in total. The van der Waals surface area contributed by atoms with Crippen molar-refractivity contribution < 1.29 is 8.78 Å². The molecule has 1 fully saturated rings. The van der Waals surface area contributed by atoms with Crippen LogP contribution < -0.4 is 11.1 Å². The Labute approximate surface area is 243 Å². The van der Waals surface area contributed by atoms with Crippen LogP contribution in [0.25, 0.3) is 22.3 Å². The second kappa shape index (κ2) is 10.1. The Bertz CT molecular complexity index is 1840. The van der Waals surface area contributed by atoms with E-state index in [-0.39, 0.29) is 28.3 Å². The summed E-state index contributed by atoms with van der Waals surface area (Å²) >= 11 is 0. The van der Waals surface area contributed by atoms with E-state index in [9.17, 15) is 18.4 Å². The Hall–Kier alpha value is -3.88. The van der Waals surface area contributed by atoms with Crippen LogP contribution in [-0.4, -0.2) is 44.1 Å². The molecule has 8 heteroatoms. The van der Waals surface area contributed by atoms with Gasteiger partial charge in [-0.05, 0) is 47.2 Å². The summed E-state index contributed by atoms with van der Waals surface area (Å²) in [7, 11) is 3.61. The summed E-state index contributed by atoms with van der Waals surface area (Å²) in [5.74, 6) is -0.644. The summed E-state index contributed by atoms with van der Waals surface area (Å²) < 4.78 is 33.2. The molecular formula is C34H34F2N4O2. The van der Waals surface area contributed by atoms with Gasteiger partial charge in [0.1, 0.15) is 11.6 Å². The Morgan fingerprint density at radius 1 is 0.690 bits per heavy atom. The first-order chi connectivity index (χ1) is 20.3. The van der Waals surface area contributed by atoms with Gasteiger partial charge in [-0.25, -0.2) is 8.78 Å². The zero-order chi connectivity index (χ0) is 29.2. The lowest BCUT2D eigenvalue weighted by molar-refractivity contribution is 0.100. The number of hydrogen-bond acceptors (Lipinski definition) is 4. The van der Waals surface area contributed by atoms with E-state index in [2.05, 4.69) is 9.80 Å². The number of halogens is 2. The minimum absolute atomic E-state index is 0.00474. The lowest BCUT2D eigenvalue weighted by Crippen LogP contribution is -2.50. The SMILES string of the molecule is Cn1c2c(c(-c3ccccc3F)cc1=O)CN(CC1(N3CCc4c(c(-c5ccccc5F)cc(=O)n4C)C3)CC1)CC2. The zero-order valence-electron chi connectivity index (χ0n) is 24.0. The third-order valence-corrected chi connectivity index (χ3v) is 9.71. The van der Waals surface area contributed by atoms with Crippen LogP contribution >= 0.6 is 0 Å². The molecule has 0 unspecified atom stereocenters. The number of benzene rings is 2. The Morgan fingerprint density at radius 2 is 1.19 bits per heavy atom. The molecule has 42 heavy (non-hydrogen) atoms. The van der Waals surface area contributed by atoms with Gasteiger partial charge < -0.3 is 9.13 Å². The molecule has 0 atom stereocenters. The van der Waals surface area contributed by atoms with Gasteiger partial charge in [-0.3, -0.25) is 19.4 Å². The van der Waals surface area contributed by atoms with Gasteiger partial charge in [0.15, 0.2) is 0 Å². The number of fused-ring (bicyclic) bond motifs is 2. The van der Waals surface area contributed by atoms with E-state index >= 15 is 0 Å². The van der Waals surface area contributed by atoms with Crippen LogP contribution in [0.3, 0.4) is 0 Å². The third kappa shape index (κ3) is 4.44. The Morgan fingerprint density at radius 3 is 1.71 bits per heavy atom. The van der Waals surface area contributed by atoms with Crippen molar-refractivity contribution in [2.24, 2.45) is 14.1 Å². The zero-order valence-corrected chi connectivity index (χ0v) is 24.0. The molecule has 1 aliphatic carbocycles. The monoisotopic (exact) mass is 568 g/mol. The molecule has 0 amide bonds. The van der Waals surface area contributed by atoms with Crippen molar-refractivity contribution in [3.05, 3.63) is 116 Å². The maximum Gasteiger partial charge on any atom is 0.251 e. The lowest BCUT2D eigenvalue weighted by atomic mass is 9.92. The topological polar surface area (TPSA) is 50.5 Å². The molecule has 2 aromatic heterocycles. The molecule has 0 saturated heterocycles. The molecule has 216 valence electrons. The average Bonchev–Trinajstić information content (AvgIpc) is 3.78. The van der Waals surface area contributed by atoms with Crippen LogP contribution in [0.15, 0.2) is 70.3 Å². The van der Waals surface area contributed by atoms with Gasteiger partial charge in [-0.1, -0.05) is 36.4 Å². The molecule has 4 aromatic rings. The fourth-order valence-corrected chi connectivity index (χ4v) is 7.18. The molecule has 7 rings (SSSR count). The van der Waals surface area contributed by atoms with Crippen LogP contribution in [0.2, 0.25) is 0 Å². The molecule has 0 spiro atoms. The Kier molecular flexibility index (Phi) is 6.51. The predicted octanol–water partition coefficient (Wildman–Crippen LogP) is 4.65. The summed E-state index contributed by atoms with van der Waals surface area (Å²) in [5, 5.41) is 0. The molecule has 4 heterocycles. The first-order valence-electron chi connectivity index (χ1n) is 14.7. The van der Waals surface area contributed by atoms with Gasteiger partial charge in [0, 0.05) is 99.8 Å². The van der Waals surface area contributed by atoms with Crippen molar-refractivity contribution in [2.75, 3.05) is 19.6 Å². The van der Waals surface area contributed by atoms with Gasteiger partial charge in [-0.15, -0.1) is 0 Å². The standard InChI is InChI=1S/C34H34F2N4O2/c1-37-30-11-15-39(19-26(30)24(17-32(37)41)22-7-3-5-9-28(22)35)21-34(13-14-34)40-16-12-31-27(20-40)25(18-33(42)38(31)2)23-8-4-6-10-29(23)36/h3-10,17-18H,11-16,19-21H2,1-2H3. The van der Waals surface area contributed by atoms with Crippen molar-refractivity contribution >= 4 is 0 Å². The molecule has 3 aliphatic rings. The minimum atomic E-state index is -0.323. The summed E-state index contributed by atoms with van der Waals surface area (Å²) in [5.41, 5.74) is 6.07. The second-order valence-corrected chi connectivity index (χ2v) is 12.1. The predicted molar refractivity (Wildman–Crippen MR) is 159 cm³/mol. The number of hydrogen-bond donors (Lipinski definition) is 0. The van der Waals surface area contributed by atoms with Gasteiger partial charge in [-0.2, -0.15) is 0 Å². The van der Waals surface area contributed by atoms with Gasteiger partial charge in [0.05, 0.1) is 0 Å². The maximum absolute atomic E-state index is 14.9. The third-order valence-electron chi connectivity index (χ3n) is 9.71. The number of aromatic nitrogens is 2.